The van der Waals surface area contributed by atoms with E-state index in [1.165, 1.54) is 23.8 Å². The second kappa shape index (κ2) is 9.96. The Bertz CT molecular complexity index is 1590. The first kappa shape index (κ1) is 25.1. The summed E-state index contributed by atoms with van der Waals surface area (Å²) in [6, 6.07) is 8.46. The summed E-state index contributed by atoms with van der Waals surface area (Å²) < 4.78 is 11.9. The van der Waals surface area contributed by atoms with E-state index in [2.05, 4.69) is 4.99 Å². The van der Waals surface area contributed by atoms with Crippen molar-refractivity contribution in [3.05, 3.63) is 93.6 Å². The van der Waals surface area contributed by atoms with Gasteiger partial charge in [-0.2, -0.15) is 0 Å². The fourth-order valence-electron chi connectivity index (χ4n) is 3.90. The molecule has 10 nitrogen and oxygen atoms in total. The van der Waals surface area contributed by atoms with Crippen LogP contribution in [0.2, 0.25) is 5.02 Å². The quantitative estimate of drug-likeness (QED) is 0.294. The van der Waals surface area contributed by atoms with Gasteiger partial charge in [-0.3, -0.25) is 19.5 Å². The third kappa shape index (κ3) is 4.50. The number of hydrogen-bond acceptors (Lipinski definition) is 9. The average molecular weight is 530 g/mol. The number of allylic oxidation sites excluding steroid dienone is 1. The number of phenolic OH excluding ortho intramolecular Hbond substituents is 1. The zero-order chi connectivity index (χ0) is 26.1. The van der Waals surface area contributed by atoms with Gasteiger partial charge in [0.25, 0.3) is 5.56 Å². The maximum atomic E-state index is 13.6. The summed E-state index contributed by atoms with van der Waals surface area (Å²) in [5.41, 5.74) is 0.510. The van der Waals surface area contributed by atoms with Gasteiger partial charge < -0.3 is 14.6 Å². The summed E-state index contributed by atoms with van der Waals surface area (Å²) in [5.74, 6) is -1.31. The Morgan fingerprint density at radius 1 is 1.33 bits per heavy atom. The van der Waals surface area contributed by atoms with Gasteiger partial charge in [0.15, 0.2) is 10.6 Å². The van der Waals surface area contributed by atoms with Gasteiger partial charge in [-0.05, 0) is 49.2 Å². The van der Waals surface area contributed by atoms with E-state index in [4.69, 9.17) is 21.1 Å². The number of esters is 1. The number of benzene rings is 2. The molecule has 0 radical (unpaired) electrons. The third-order valence-corrected chi connectivity index (χ3v) is 6.73. The van der Waals surface area contributed by atoms with Crippen molar-refractivity contribution in [2.75, 3.05) is 13.7 Å². The van der Waals surface area contributed by atoms with Gasteiger partial charge in [-0.25, -0.2) is 9.79 Å². The van der Waals surface area contributed by atoms with Gasteiger partial charge in [0.2, 0.25) is 5.75 Å². The summed E-state index contributed by atoms with van der Waals surface area (Å²) in [4.78, 5) is 42.0. The number of rotatable bonds is 6. The van der Waals surface area contributed by atoms with Crippen LogP contribution in [0.3, 0.4) is 0 Å². The van der Waals surface area contributed by atoms with E-state index < -0.39 is 33.9 Å². The molecule has 1 aliphatic rings. The number of carbonyl (C=O) groups excluding carboxylic acids is 1. The largest absolute Gasteiger partial charge is 0.500 e. The maximum Gasteiger partial charge on any atom is 0.338 e. The van der Waals surface area contributed by atoms with Gasteiger partial charge >= 0.3 is 11.7 Å². The molecule has 1 N–H and O–H groups in total. The standard InChI is InChI=1S/C24H20ClN3O7S/c1-4-35-23(31)19-12(2)26-24-27(20(19)14-5-7-15(25)8-6-14)22(30)18(36-24)11-13-9-16(28(32)33)21(29)17(10-13)34-3/h5-11,20,29H,4H2,1-3H3/b18-11-/t20-/m1/s1. The van der Waals surface area contributed by atoms with E-state index in [0.29, 0.717) is 21.1 Å². The minimum Gasteiger partial charge on any atom is -0.500 e. The molecule has 0 saturated carbocycles. The highest BCUT2D eigenvalue weighted by atomic mass is 35.5. The number of halogens is 1. The van der Waals surface area contributed by atoms with E-state index in [0.717, 1.165) is 17.4 Å². The molecule has 0 saturated heterocycles. The van der Waals surface area contributed by atoms with Gasteiger partial charge in [0, 0.05) is 11.1 Å². The molecule has 1 atom stereocenters. The number of nitrogens with zero attached hydrogens (tertiary/aromatic N) is 3. The second-order valence-corrected chi connectivity index (χ2v) is 9.15. The summed E-state index contributed by atoms with van der Waals surface area (Å²) in [7, 11) is 1.27. The van der Waals surface area contributed by atoms with Crippen molar-refractivity contribution in [1.82, 2.24) is 4.57 Å². The van der Waals surface area contributed by atoms with E-state index in [1.54, 1.807) is 38.1 Å². The fourth-order valence-corrected chi connectivity index (χ4v) is 5.07. The van der Waals surface area contributed by atoms with Crippen molar-refractivity contribution in [3.63, 3.8) is 0 Å². The number of fused-ring (bicyclic) bond motifs is 1. The number of carbonyl (C=O) groups is 1. The molecule has 1 aromatic heterocycles. The molecule has 186 valence electrons. The van der Waals surface area contributed by atoms with Crippen LogP contribution in [-0.2, 0) is 9.53 Å². The third-order valence-electron chi connectivity index (χ3n) is 5.49. The predicted octanol–water partition coefficient (Wildman–Crippen LogP) is 3.07. The van der Waals surface area contributed by atoms with Crippen LogP contribution >= 0.6 is 22.9 Å². The first-order valence-corrected chi connectivity index (χ1v) is 11.9. The first-order chi connectivity index (χ1) is 17.2. The fraction of sp³-hybridized carbons (Fsp3) is 0.208. The van der Waals surface area contributed by atoms with Crippen LogP contribution in [-0.4, -0.2) is 34.3 Å². The van der Waals surface area contributed by atoms with Crippen molar-refractivity contribution < 1.29 is 24.3 Å². The lowest BCUT2D eigenvalue weighted by atomic mass is 9.96. The van der Waals surface area contributed by atoms with Crippen molar-refractivity contribution in [2.24, 2.45) is 4.99 Å². The normalized spacial score (nSPS) is 15.3. The Balaban J connectivity index is 1.96. The van der Waals surface area contributed by atoms with Crippen molar-refractivity contribution in [1.29, 1.82) is 0 Å². The first-order valence-electron chi connectivity index (χ1n) is 10.7. The van der Waals surface area contributed by atoms with E-state index >= 15 is 0 Å². The molecule has 0 aliphatic carbocycles. The smallest absolute Gasteiger partial charge is 0.338 e. The van der Waals surface area contributed by atoms with Gasteiger partial charge in [-0.15, -0.1) is 0 Å². The molecule has 0 spiro atoms. The maximum absolute atomic E-state index is 13.6. The Hall–Kier alpha value is -3.96. The van der Waals surface area contributed by atoms with Crippen molar-refractivity contribution in [3.8, 4) is 11.5 Å². The minimum absolute atomic E-state index is 0.109. The molecule has 3 aromatic rings. The second-order valence-electron chi connectivity index (χ2n) is 7.70. The molecule has 1 aliphatic heterocycles. The number of thiazole rings is 1. The minimum atomic E-state index is -0.816. The predicted molar refractivity (Wildman–Crippen MR) is 133 cm³/mol. The molecule has 12 heteroatoms. The molecule has 36 heavy (non-hydrogen) atoms. The number of aromatic hydroxyl groups is 1. The number of ether oxygens (including phenoxy) is 2. The Morgan fingerprint density at radius 3 is 2.64 bits per heavy atom. The zero-order valence-electron chi connectivity index (χ0n) is 19.4. The van der Waals surface area contributed by atoms with Crippen LogP contribution < -0.4 is 19.6 Å². The lowest BCUT2D eigenvalue weighted by Crippen LogP contribution is -2.39. The monoisotopic (exact) mass is 529 g/mol. The molecule has 4 rings (SSSR count). The average Bonchev–Trinajstić information content (AvgIpc) is 3.13. The van der Waals surface area contributed by atoms with Crippen LogP contribution in [0.15, 0.2) is 57.5 Å². The van der Waals surface area contributed by atoms with Crippen LogP contribution in [0, 0.1) is 10.1 Å². The number of aromatic nitrogens is 1. The number of phenols is 1. The van der Waals surface area contributed by atoms with Crippen LogP contribution in [0.4, 0.5) is 5.69 Å². The van der Waals surface area contributed by atoms with Gasteiger partial charge in [0.1, 0.15) is 0 Å². The summed E-state index contributed by atoms with van der Waals surface area (Å²) in [6.07, 6.45) is 1.45. The summed E-state index contributed by atoms with van der Waals surface area (Å²) in [5, 5.41) is 21.9. The molecule has 2 aromatic carbocycles. The lowest BCUT2D eigenvalue weighted by molar-refractivity contribution is -0.386. The van der Waals surface area contributed by atoms with Crippen molar-refractivity contribution >= 4 is 40.7 Å². The topological polar surface area (TPSA) is 133 Å². The molecule has 2 heterocycles. The van der Waals surface area contributed by atoms with Crippen molar-refractivity contribution in [2.45, 2.75) is 19.9 Å². The summed E-state index contributed by atoms with van der Waals surface area (Å²) >= 11 is 7.12. The Morgan fingerprint density at radius 2 is 2.03 bits per heavy atom. The molecular formula is C24H20ClN3O7S. The van der Waals surface area contributed by atoms with E-state index in [9.17, 15) is 24.8 Å². The number of methoxy groups -OCH3 is 1. The molecular weight excluding hydrogens is 510 g/mol. The number of hydrogen-bond donors (Lipinski definition) is 1. The van der Waals surface area contributed by atoms with Crippen LogP contribution in [0.5, 0.6) is 11.5 Å². The Kier molecular flexibility index (Phi) is 6.95. The van der Waals surface area contributed by atoms with E-state index in [-0.39, 0.29) is 28.0 Å². The molecule has 0 amide bonds. The molecule has 0 bridgehead atoms. The van der Waals surface area contributed by atoms with Gasteiger partial charge in [0.05, 0.1) is 40.5 Å². The SMILES string of the molecule is CCOC(=O)C1=C(C)N=c2s/c(=C\c3cc(OC)c(O)c([N+](=O)[O-])c3)c(=O)n2[C@@H]1c1ccc(Cl)cc1. The highest BCUT2D eigenvalue weighted by Gasteiger charge is 2.33. The highest BCUT2D eigenvalue weighted by molar-refractivity contribution is 7.07. The van der Waals surface area contributed by atoms with Crippen LogP contribution in [0.25, 0.3) is 6.08 Å². The highest BCUT2D eigenvalue weighted by Crippen LogP contribution is 2.37. The van der Waals surface area contributed by atoms with Gasteiger partial charge in [-0.1, -0.05) is 35.1 Å². The van der Waals surface area contributed by atoms with Crippen LogP contribution in [0.1, 0.15) is 31.0 Å². The molecule has 0 fully saturated rings. The number of nitro benzene ring substituents is 1. The summed E-state index contributed by atoms with van der Waals surface area (Å²) in [6.45, 7) is 3.50. The Labute approximate surface area is 213 Å². The lowest BCUT2D eigenvalue weighted by Gasteiger charge is -2.24. The molecule has 0 unspecified atom stereocenters. The van der Waals surface area contributed by atoms with E-state index in [1.807, 2.05) is 0 Å². The number of nitro groups is 1. The zero-order valence-corrected chi connectivity index (χ0v) is 20.9.